The summed E-state index contributed by atoms with van der Waals surface area (Å²) in [5.74, 6) is 2.15. The van der Waals surface area contributed by atoms with E-state index in [1.165, 1.54) is 6.07 Å². The highest BCUT2D eigenvalue weighted by atomic mass is 19.4. The van der Waals surface area contributed by atoms with Crippen LogP contribution < -0.4 is 0 Å². The van der Waals surface area contributed by atoms with E-state index in [2.05, 4.69) is 27.4 Å². The van der Waals surface area contributed by atoms with Gasteiger partial charge in [-0.25, -0.2) is 0 Å². The Morgan fingerprint density at radius 2 is 1.74 bits per heavy atom. The van der Waals surface area contributed by atoms with Crippen molar-refractivity contribution in [3.8, 4) is 0 Å². The van der Waals surface area contributed by atoms with E-state index in [0.717, 1.165) is 68.3 Å². The van der Waals surface area contributed by atoms with Crippen LogP contribution >= 0.6 is 0 Å². The fourth-order valence-corrected chi connectivity index (χ4v) is 7.80. The minimum atomic E-state index is -4.28. The molecule has 0 bridgehead atoms. The van der Waals surface area contributed by atoms with E-state index in [9.17, 15) is 13.2 Å². The third kappa shape index (κ3) is 2.95. The molecule has 5 rings (SSSR count). The molecule has 5 unspecified atom stereocenters. The molecule has 1 saturated heterocycles. The number of halogens is 3. The van der Waals surface area contributed by atoms with Gasteiger partial charge in [0.05, 0.1) is 11.3 Å². The van der Waals surface area contributed by atoms with Crippen molar-refractivity contribution in [2.45, 2.75) is 96.8 Å². The normalized spacial score (nSPS) is 38.9. The summed E-state index contributed by atoms with van der Waals surface area (Å²) in [4.78, 5) is 0. The first-order chi connectivity index (χ1) is 14.4. The summed E-state index contributed by atoms with van der Waals surface area (Å²) < 4.78 is 47.6. The molecule has 2 saturated carbocycles. The Balaban J connectivity index is 1.48. The third-order valence-corrected chi connectivity index (χ3v) is 9.89. The van der Waals surface area contributed by atoms with Crippen LogP contribution in [0.1, 0.15) is 93.9 Å². The zero-order valence-corrected chi connectivity index (χ0v) is 19.3. The number of hydrogen-bond donors (Lipinski definition) is 0. The summed E-state index contributed by atoms with van der Waals surface area (Å²) in [6.45, 7) is 12.7. The van der Waals surface area contributed by atoms with Gasteiger partial charge in [-0.1, -0.05) is 33.4 Å². The molecule has 31 heavy (non-hydrogen) atoms. The molecule has 1 spiro atoms. The number of rotatable bonds is 0. The standard InChI is InChI=1S/C27H35F3O/c1-16-14-18-6-7-20-19(21(18)15-23(16)27(28,29)30)8-10-25(5)22(20)9-11-26(25)13-12-24(3,4)17(2)31-26/h14-15,19-20,22H,2,6-13H2,1,3-5H3. The van der Waals surface area contributed by atoms with Crippen molar-refractivity contribution in [1.29, 1.82) is 0 Å². The molecule has 1 aliphatic heterocycles. The van der Waals surface area contributed by atoms with E-state index < -0.39 is 11.7 Å². The summed E-state index contributed by atoms with van der Waals surface area (Å²) in [7, 11) is 0. The van der Waals surface area contributed by atoms with E-state index in [-0.39, 0.29) is 22.3 Å². The fourth-order valence-electron chi connectivity index (χ4n) is 7.80. The average molecular weight is 433 g/mol. The van der Waals surface area contributed by atoms with Crippen LogP contribution in [0.4, 0.5) is 13.2 Å². The second kappa shape index (κ2) is 6.54. The maximum Gasteiger partial charge on any atom is 0.416 e. The van der Waals surface area contributed by atoms with Crippen LogP contribution in [0.2, 0.25) is 0 Å². The lowest BCUT2D eigenvalue weighted by Crippen LogP contribution is -2.54. The number of aryl methyl sites for hydroxylation is 2. The predicted octanol–water partition coefficient (Wildman–Crippen LogP) is 7.96. The second-order valence-corrected chi connectivity index (χ2v) is 11.7. The maximum absolute atomic E-state index is 13.6. The van der Waals surface area contributed by atoms with E-state index >= 15 is 0 Å². The molecule has 1 aromatic carbocycles. The zero-order valence-electron chi connectivity index (χ0n) is 19.3. The Bertz CT molecular complexity index is 929. The monoisotopic (exact) mass is 432 g/mol. The average Bonchev–Trinajstić information content (AvgIpc) is 2.96. The summed E-state index contributed by atoms with van der Waals surface area (Å²) in [5.41, 5.74) is 2.01. The van der Waals surface area contributed by atoms with Gasteiger partial charge in [-0.05, 0) is 98.8 Å². The molecule has 170 valence electrons. The Morgan fingerprint density at radius 1 is 1.00 bits per heavy atom. The van der Waals surface area contributed by atoms with Crippen molar-refractivity contribution in [2.24, 2.45) is 22.7 Å². The minimum absolute atomic E-state index is 0.0204. The van der Waals surface area contributed by atoms with E-state index in [0.29, 0.717) is 17.4 Å². The molecular formula is C27H35F3O. The van der Waals surface area contributed by atoms with Crippen LogP contribution in [0.3, 0.4) is 0 Å². The van der Waals surface area contributed by atoms with E-state index in [1.807, 2.05) is 6.07 Å². The number of allylic oxidation sites excluding steroid dienone is 1. The minimum Gasteiger partial charge on any atom is -0.491 e. The van der Waals surface area contributed by atoms with Gasteiger partial charge >= 0.3 is 6.18 Å². The van der Waals surface area contributed by atoms with E-state index in [1.54, 1.807) is 6.92 Å². The molecule has 4 aliphatic rings. The number of fused-ring (bicyclic) bond motifs is 6. The summed E-state index contributed by atoms with van der Waals surface area (Å²) in [6.07, 6.45) is 4.04. The topological polar surface area (TPSA) is 9.23 Å². The first kappa shape index (κ1) is 21.4. The first-order valence-corrected chi connectivity index (χ1v) is 12.0. The summed E-state index contributed by atoms with van der Waals surface area (Å²) in [6, 6.07) is 3.31. The van der Waals surface area contributed by atoms with Gasteiger partial charge in [-0.15, -0.1) is 0 Å². The van der Waals surface area contributed by atoms with Crippen molar-refractivity contribution in [2.75, 3.05) is 0 Å². The van der Waals surface area contributed by atoms with Gasteiger partial charge in [0.15, 0.2) is 0 Å². The lowest BCUT2D eigenvalue weighted by atomic mass is 9.52. The smallest absolute Gasteiger partial charge is 0.416 e. The van der Waals surface area contributed by atoms with Crippen molar-refractivity contribution < 1.29 is 17.9 Å². The van der Waals surface area contributed by atoms with Gasteiger partial charge in [-0.2, -0.15) is 13.2 Å². The highest BCUT2D eigenvalue weighted by Crippen LogP contribution is 2.68. The molecule has 0 aromatic heterocycles. The maximum atomic E-state index is 13.6. The first-order valence-electron chi connectivity index (χ1n) is 12.0. The number of benzene rings is 1. The largest absolute Gasteiger partial charge is 0.491 e. The van der Waals surface area contributed by atoms with Crippen LogP contribution in [0, 0.1) is 29.6 Å². The molecule has 3 fully saturated rings. The molecule has 0 radical (unpaired) electrons. The van der Waals surface area contributed by atoms with Gasteiger partial charge in [-0.3, -0.25) is 0 Å². The van der Waals surface area contributed by atoms with Gasteiger partial charge in [0.1, 0.15) is 5.60 Å². The zero-order chi connectivity index (χ0) is 22.4. The number of ether oxygens (including phenoxy) is 1. The molecule has 0 N–H and O–H groups in total. The Hall–Kier alpha value is -1.45. The molecule has 3 aliphatic carbocycles. The molecule has 0 amide bonds. The summed E-state index contributed by atoms with van der Waals surface area (Å²) in [5, 5.41) is 0. The Labute approximate surface area is 184 Å². The predicted molar refractivity (Wildman–Crippen MR) is 117 cm³/mol. The fraction of sp³-hybridized carbons (Fsp3) is 0.704. The SMILES string of the molecule is C=C1OC2(CCC3C4CCc5cc(C)c(C(F)(F)F)cc5C4CCC32C)CCC1(C)C. The third-order valence-electron chi connectivity index (χ3n) is 9.89. The Morgan fingerprint density at radius 3 is 2.42 bits per heavy atom. The van der Waals surface area contributed by atoms with Crippen LogP contribution in [0.5, 0.6) is 0 Å². The van der Waals surface area contributed by atoms with Gasteiger partial charge in [0.25, 0.3) is 0 Å². The number of hydrogen-bond acceptors (Lipinski definition) is 1. The van der Waals surface area contributed by atoms with Crippen molar-refractivity contribution in [3.05, 3.63) is 46.7 Å². The van der Waals surface area contributed by atoms with Crippen molar-refractivity contribution in [1.82, 2.24) is 0 Å². The second-order valence-electron chi connectivity index (χ2n) is 11.7. The lowest BCUT2D eigenvalue weighted by molar-refractivity contribution is -0.158. The van der Waals surface area contributed by atoms with Crippen molar-refractivity contribution >= 4 is 0 Å². The highest BCUT2D eigenvalue weighted by molar-refractivity contribution is 5.43. The molecule has 1 nitrogen and oxygen atoms in total. The summed E-state index contributed by atoms with van der Waals surface area (Å²) >= 11 is 0. The lowest BCUT2D eigenvalue weighted by Gasteiger charge is -2.57. The molecular weight excluding hydrogens is 397 g/mol. The quantitative estimate of drug-likeness (QED) is 0.404. The molecule has 1 heterocycles. The number of alkyl halides is 3. The molecule has 4 heteroatoms. The van der Waals surface area contributed by atoms with Crippen LogP contribution in [-0.4, -0.2) is 5.60 Å². The van der Waals surface area contributed by atoms with Crippen LogP contribution in [0.15, 0.2) is 24.5 Å². The van der Waals surface area contributed by atoms with Crippen LogP contribution in [0.25, 0.3) is 0 Å². The van der Waals surface area contributed by atoms with Crippen molar-refractivity contribution in [3.63, 3.8) is 0 Å². The van der Waals surface area contributed by atoms with E-state index in [4.69, 9.17) is 4.74 Å². The van der Waals surface area contributed by atoms with Gasteiger partial charge < -0.3 is 4.74 Å². The van der Waals surface area contributed by atoms with Gasteiger partial charge in [0.2, 0.25) is 0 Å². The molecule has 1 aromatic rings. The van der Waals surface area contributed by atoms with Crippen LogP contribution in [-0.2, 0) is 17.3 Å². The Kier molecular flexibility index (Phi) is 4.52. The van der Waals surface area contributed by atoms with Gasteiger partial charge in [0, 0.05) is 10.8 Å². The molecule has 5 atom stereocenters. The highest BCUT2D eigenvalue weighted by Gasteiger charge is 2.65.